The number of nitrogens with zero attached hydrogens (tertiary/aromatic N) is 4. The monoisotopic (exact) mass is 790 g/mol. The fraction of sp³-hybridized carbons (Fsp3) is 0.438. The highest BCUT2D eigenvalue weighted by Crippen LogP contribution is 2.44. The quantitative estimate of drug-likeness (QED) is 0.0655. The van der Waals surface area contributed by atoms with Crippen LogP contribution in [0, 0.1) is 0 Å². The molecule has 2 aromatic carbocycles. The summed E-state index contributed by atoms with van der Waals surface area (Å²) in [5, 5.41) is 10.3. The molecule has 51 heavy (non-hydrogen) atoms. The number of halogens is 2. The minimum Gasteiger partial charge on any atom is -0.478 e. The molecular formula is C32H42Cl2N5O10S2+. The van der Waals surface area contributed by atoms with Crippen LogP contribution in [-0.4, -0.2) is 75.3 Å². The maximum Gasteiger partial charge on any atom is 0.337 e. The molecule has 0 spiro atoms. The van der Waals surface area contributed by atoms with Crippen LogP contribution in [-0.2, 0) is 54.0 Å². The highest BCUT2D eigenvalue weighted by atomic mass is 35.5. The number of nitrogens with one attached hydrogen (secondary N) is 1. The number of allylic oxidation sites excluding steroid dienone is 2. The van der Waals surface area contributed by atoms with Gasteiger partial charge in [-0.1, -0.05) is 36.2 Å². The van der Waals surface area contributed by atoms with Crippen LogP contribution in [0.1, 0.15) is 55.4 Å². The molecule has 19 heteroatoms. The molecule has 1 aliphatic rings. The molecule has 0 aliphatic carbocycles. The Morgan fingerprint density at radius 2 is 1.71 bits per heavy atom. The number of aryl methyl sites for hydroxylation is 2. The summed E-state index contributed by atoms with van der Waals surface area (Å²) in [6.45, 7) is 7.41. The summed E-state index contributed by atoms with van der Waals surface area (Å²) in [6.07, 6.45) is 5.76. The molecule has 1 aromatic heterocycles. The van der Waals surface area contributed by atoms with Gasteiger partial charge in [0, 0.05) is 54.8 Å². The summed E-state index contributed by atoms with van der Waals surface area (Å²) in [4.78, 5) is 25.8. The van der Waals surface area contributed by atoms with E-state index in [1.807, 2.05) is 51.0 Å². The van der Waals surface area contributed by atoms with E-state index in [0.29, 0.717) is 52.9 Å². The van der Waals surface area contributed by atoms with Gasteiger partial charge in [-0.3, -0.25) is 4.55 Å². The standard InChI is InChI=1S/C32H41Cl2N5O10S2/c1-5-35-49-51(45,46)16-10-14-39-27-18-23(32(40)41)25(34)20-29(27)37(7-3)31(39)12-8-11-30-36(6-2)28-19-24(33)22(21-48-47-4)17-26(28)38(30)13-9-15-50(42,43)44/h8,11-12,17-20,35H,5-7,9-10,13-16,21H2,1-4H3,(H-,40,41,42,43,44)/p+1. The number of aromatic carboxylic acids is 1. The van der Waals surface area contributed by atoms with Crippen LogP contribution < -0.4 is 19.8 Å². The van der Waals surface area contributed by atoms with E-state index < -0.39 is 32.0 Å². The molecule has 3 aromatic rings. The summed E-state index contributed by atoms with van der Waals surface area (Å²) < 4.78 is 66.0. The zero-order chi connectivity index (χ0) is 37.5. The topological polar surface area (TPSA) is 181 Å². The van der Waals surface area contributed by atoms with Crippen LogP contribution in [0.5, 0.6) is 0 Å². The van der Waals surface area contributed by atoms with Crippen LogP contribution in [0.15, 0.2) is 42.2 Å². The summed E-state index contributed by atoms with van der Waals surface area (Å²) in [5.74, 6) is -0.581. The number of anilines is 2. The van der Waals surface area contributed by atoms with E-state index in [0.717, 1.165) is 11.4 Å². The van der Waals surface area contributed by atoms with Crippen LogP contribution in [0.2, 0.25) is 10.0 Å². The molecule has 0 amide bonds. The lowest BCUT2D eigenvalue weighted by molar-refractivity contribution is -0.673. The molecule has 0 atom stereocenters. The van der Waals surface area contributed by atoms with Crippen molar-refractivity contribution < 1.29 is 49.9 Å². The second-order valence-electron chi connectivity index (χ2n) is 11.4. The molecule has 0 radical (unpaired) electrons. The summed E-state index contributed by atoms with van der Waals surface area (Å²) in [7, 11) is -6.68. The fourth-order valence-corrected chi connectivity index (χ4v) is 7.71. The van der Waals surface area contributed by atoms with Crippen molar-refractivity contribution in [2.75, 3.05) is 48.0 Å². The van der Waals surface area contributed by atoms with Crippen molar-refractivity contribution >= 4 is 77.9 Å². The molecule has 0 saturated heterocycles. The lowest BCUT2D eigenvalue weighted by atomic mass is 10.1. The third kappa shape index (κ3) is 9.79. The van der Waals surface area contributed by atoms with E-state index >= 15 is 0 Å². The second-order valence-corrected chi connectivity index (χ2v) is 15.4. The maximum atomic E-state index is 12.4. The largest absolute Gasteiger partial charge is 0.478 e. The SMILES string of the molecule is CCNOS(=O)(=O)CCC[n+]1c(/C=C/C=C2\N(CC)c3cc(Cl)c(COOC)cc3N2CCCS(=O)(=O)O)n(CC)c2cc(Cl)c(C(=O)O)cc21. The Morgan fingerprint density at radius 3 is 2.33 bits per heavy atom. The normalized spacial score (nSPS) is 14.5. The van der Waals surface area contributed by atoms with E-state index in [1.165, 1.54) is 13.2 Å². The summed E-state index contributed by atoms with van der Waals surface area (Å²) in [6, 6.07) is 6.70. The fourth-order valence-electron chi connectivity index (χ4n) is 5.90. The van der Waals surface area contributed by atoms with Gasteiger partial charge >= 0.3 is 5.97 Å². The third-order valence-electron chi connectivity index (χ3n) is 8.05. The third-order valence-corrected chi connectivity index (χ3v) is 10.7. The Kier molecular flexibility index (Phi) is 13.9. The van der Waals surface area contributed by atoms with Crippen LogP contribution in [0.25, 0.3) is 17.1 Å². The lowest BCUT2D eigenvalue weighted by Crippen LogP contribution is -2.38. The Labute approximate surface area is 307 Å². The highest BCUT2D eigenvalue weighted by molar-refractivity contribution is 7.86. The van der Waals surface area contributed by atoms with E-state index in [9.17, 15) is 31.3 Å². The van der Waals surface area contributed by atoms with Gasteiger partial charge in [0.2, 0.25) is 0 Å². The number of carboxylic acid groups (broad SMARTS) is 1. The number of hydroxylamine groups is 1. The van der Waals surface area contributed by atoms with E-state index in [-0.39, 0.29) is 48.9 Å². The number of fused-ring (bicyclic) bond motifs is 2. The van der Waals surface area contributed by atoms with Gasteiger partial charge in [0.05, 0.1) is 53.7 Å². The van der Waals surface area contributed by atoms with Crippen molar-refractivity contribution in [2.45, 2.75) is 53.3 Å². The van der Waals surface area contributed by atoms with Gasteiger partial charge in [0.25, 0.3) is 26.1 Å². The average Bonchev–Trinajstić information content (AvgIpc) is 3.50. The number of carbonyl (C=O) groups is 1. The number of hydrogen-bond donors (Lipinski definition) is 3. The van der Waals surface area contributed by atoms with E-state index in [1.54, 1.807) is 25.1 Å². The van der Waals surface area contributed by atoms with Gasteiger partial charge in [-0.05, 0) is 38.5 Å². The Bertz CT molecular complexity index is 2040. The Hall–Kier alpha value is -3.26. The molecule has 0 saturated carbocycles. The van der Waals surface area contributed by atoms with Crippen molar-refractivity contribution in [2.24, 2.45) is 0 Å². The maximum absolute atomic E-state index is 12.4. The smallest absolute Gasteiger partial charge is 0.337 e. The molecule has 1 aliphatic heterocycles. The van der Waals surface area contributed by atoms with Gasteiger partial charge in [0.1, 0.15) is 12.4 Å². The predicted molar refractivity (Wildman–Crippen MR) is 195 cm³/mol. The van der Waals surface area contributed by atoms with Crippen LogP contribution in [0.4, 0.5) is 11.4 Å². The molecule has 0 bridgehead atoms. The number of aromatic nitrogens is 2. The lowest BCUT2D eigenvalue weighted by Gasteiger charge is -2.24. The van der Waals surface area contributed by atoms with Crippen molar-refractivity contribution in [3.63, 3.8) is 0 Å². The van der Waals surface area contributed by atoms with Gasteiger partial charge in [0.15, 0.2) is 11.0 Å². The van der Waals surface area contributed by atoms with Gasteiger partial charge < -0.3 is 14.9 Å². The Morgan fingerprint density at radius 1 is 0.980 bits per heavy atom. The van der Waals surface area contributed by atoms with E-state index in [4.69, 9.17) is 37.3 Å². The van der Waals surface area contributed by atoms with Gasteiger partial charge in [-0.25, -0.2) is 23.7 Å². The predicted octanol–water partition coefficient (Wildman–Crippen LogP) is 4.77. The number of imidazole rings is 1. The first kappa shape index (κ1) is 40.5. The number of hydrogen-bond acceptors (Lipinski definition) is 11. The molecule has 0 fully saturated rings. The molecule has 3 N–H and O–H groups in total. The Balaban J connectivity index is 1.82. The zero-order valence-electron chi connectivity index (χ0n) is 28.6. The minimum absolute atomic E-state index is 0.0605. The average molecular weight is 792 g/mol. The first-order valence-corrected chi connectivity index (χ1v) is 20.1. The molecular weight excluding hydrogens is 749 g/mol. The van der Waals surface area contributed by atoms with Crippen LogP contribution in [0.3, 0.4) is 0 Å². The molecule has 280 valence electrons. The van der Waals surface area contributed by atoms with Crippen molar-refractivity contribution in [1.29, 1.82) is 0 Å². The van der Waals surface area contributed by atoms with Gasteiger partial charge in [-0.15, -0.1) is 0 Å². The zero-order valence-corrected chi connectivity index (χ0v) is 31.8. The van der Waals surface area contributed by atoms with Gasteiger partial charge in [-0.2, -0.15) is 26.6 Å². The first-order valence-electron chi connectivity index (χ1n) is 16.2. The highest BCUT2D eigenvalue weighted by Gasteiger charge is 2.32. The summed E-state index contributed by atoms with van der Waals surface area (Å²) >= 11 is 13.0. The summed E-state index contributed by atoms with van der Waals surface area (Å²) in [5.41, 5.74) is 5.65. The molecule has 15 nitrogen and oxygen atoms in total. The minimum atomic E-state index is -4.20. The first-order chi connectivity index (χ1) is 24.2. The van der Waals surface area contributed by atoms with Crippen LogP contribution >= 0.6 is 23.2 Å². The number of rotatable bonds is 19. The van der Waals surface area contributed by atoms with Crippen molar-refractivity contribution in [3.8, 4) is 0 Å². The number of carboxylic acids is 1. The molecule has 4 rings (SSSR count). The molecule has 2 heterocycles. The van der Waals surface area contributed by atoms with Crippen molar-refractivity contribution in [3.05, 3.63) is 69.2 Å². The second kappa shape index (κ2) is 17.5. The van der Waals surface area contributed by atoms with Crippen molar-refractivity contribution in [1.82, 2.24) is 10.0 Å². The number of benzene rings is 2. The van der Waals surface area contributed by atoms with E-state index in [2.05, 4.69) is 5.48 Å². The molecule has 0 unspecified atom stereocenters.